The largest absolute Gasteiger partial charge is 0.394 e. The van der Waals surface area contributed by atoms with Crippen LogP contribution in [0.2, 0.25) is 0 Å². The molecule has 1 aliphatic rings. The number of aliphatic hydroxyl groups excluding tert-OH is 4. The highest BCUT2D eigenvalue weighted by Gasteiger charge is 2.42. The monoisotopic (exact) mass is 182 g/mol. The molecule has 1 fully saturated rings. The molecule has 72 valence electrons. The van der Waals surface area contributed by atoms with Crippen LogP contribution in [0.25, 0.3) is 0 Å². The normalized spacial score (nSPS) is 56.6. The Labute approximate surface area is 70.0 Å². The second kappa shape index (κ2) is 3.65. The summed E-state index contributed by atoms with van der Waals surface area (Å²) in [4.78, 5) is 0. The van der Waals surface area contributed by atoms with Crippen LogP contribution >= 0.6 is 0 Å². The van der Waals surface area contributed by atoms with Crippen molar-refractivity contribution in [3.63, 3.8) is 0 Å². The molecular weight excluding hydrogens is 168 g/mol. The van der Waals surface area contributed by atoms with Crippen molar-refractivity contribution in [2.24, 2.45) is 0 Å². The first-order valence-corrected chi connectivity index (χ1v) is 3.45. The predicted octanol–water partition coefficient (Wildman–Crippen LogP) is -3.22. The second-order valence-corrected chi connectivity index (χ2v) is 2.60. The van der Waals surface area contributed by atoms with E-state index in [1.165, 1.54) is 0 Å². The summed E-state index contributed by atoms with van der Waals surface area (Å²) in [5, 5.41) is 45.0. The molecular formula is C6H12O6. The Balaban J connectivity index is 2.79. The van der Waals surface area contributed by atoms with Gasteiger partial charge in [-0.15, -0.1) is 0 Å². The number of aliphatic hydroxyl groups is 5. The van der Waals surface area contributed by atoms with Crippen LogP contribution in [0.4, 0.5) is 0 Å². The van der Waals surface area contributed by atoms with Crippen molar-refractivity contribution in [3.05, 3.63) is 0 Å². The molecule has 0 bridgehead atoms. The molecule has 1 saturated heterocycles. The van der Waals surface area contributed by atoms with E-state index in [2.05, 4.69) is 4.74 Å². The van der Waals surface area contributed by atoms with Crippen molar-refractivity contribution in [1.82, 2.24) is 0 Å². The zero-order valence-electron chi connectivity index (χ0n) is 7.16. The first-order chi connectivity index (χ1) is 5.90. The van der Waals surface area contributed by atoms with Crippen LogP contribution in [0.1, 0.15) is 1.37 Å². The third kappa shape index (κ3) is 1.58. The molecule has 6 nitrogen and oxygen atoms in total. The van der Waals surface area contributed by atoms with Gasteiger partial charge in [0.05, 0.1) is 7.98 Å². The molecule has 5 atom stereocenters. The van der Waals surface area contributed by atoms with Gasteiger partial charge in [-0.25, -0.2) is 0 Å². The number of ether oxygens (including phenoxy) is 1. The fourth-order valence-electron chi connectivity index (χ4n) is 0.993. The Hall–Kier alpha value is -0.240. The first-order valence-electron chi connectivity index (χ1n) is 3.95. The van der Waals surface area contributed by atoms with Gasteiger partial charge in [-0.3, -0.25) is 0 Å². The van der Waals surface area contributed by atoms with E-state index in [9.17, 15) is 0 Å². The molecule has 0 radical (unpaired) electrons. The maximum atomic E-state index is 9.15. The van der Waals surface area contributed by atoms with Crippen LogP contribution < -0.4 is 0 Å². The van der Waals surface area contributed by atoms with Gasteiger partial charge < -0.3 is 30.3 Å². The van der Waals surface area contributed by atoms with E-state index in [1.807, 2.05) is 0 Å². The minimum atomic E-state index is -2.70. The Morgan fingerprint density at radius 3 is 2.17 bits per heavy atom. The van der Waals surface area contributed by atoms with Gasteiger partial charge in [0.2, 0.25) is 0 Å². The van der Waals surface area contributed by atoms with Gasteiger partial charge in [-0.1, -0.05) is 0 Å². The Kier molecular flexibility index (Phi) is 2.54. The summed E-state index contributed by atoms with van der Waals surface area (Å²) in [6.45, 7) is -0.661. The third-order valence-electron chi connectivity index (χ3n) is 1.76. The SMILES string of the molecule is [3H]C1(O)O[C@H](CO)[C@@H](O)[C@H](O)[C@H]1O. The fraction of sp³-hybridized carbons (Fsp3) is 1.00. The van der Waals surface area contributed by atoms with Gasteiger partial charge in [-0.05, 0) is 0 Å². The van der Waals surface area contributed by atoms with Crippen molar-refractivity contribution in [3.8, 4) is 0 Å². The molecule has 12 heavy (non-hydrogen) atoms. The minimum Gasteiger partial charge on any atom is -0.394 e. The minimum absolute atomic E-state index is 0.661. The van der Waals surface area contributed by atoms with E-state index in [4.69, 9.17) is 26.9 Å². The van der Waals surface area contributed by atoms with Crippen molar-refractivity contribution >= 4 is 0 Å². The van der Waals surface area contributed by atoms with Crippen LogP contribution in [-0.4, -0.2) is 62.8 Å². The zero-order valence-corrected chi connectivity index (χ0v) is 6.16. The first kappa shape index (κ1) is 8.36. The van der Waals surface area contributed by atoms with E-state index in [-0.39, 0.29) is 0 Å². The van der Waals surface area contributed by atoms with Gasteiger partial charge >= 0.3 is 0 Å². The molecule has 0 aromatic carbocycles. The molecule has 0 spiro atoms. The van der Waals surface area contributed by atoms with Crippen LogP contribution in [0, 0.1) is 0 Å². The van der Waals surface area contributed by atoms with Crippen LogP contribution in [-0.2, 0) is 4.74 Å². The lowest BCUT2D eigenvalue weighted by Gasteiger charge is -2.37. The quantitative estimate of drug-likeness (QED) is 0.292. The van der Waals surface area contributed by atoms with E-state index < -0.39 is 37.3 Å². The number of hydrogen-bond acceptors (Lipinski definition) is 6. The van der Waals surface area contributed by atoms with Gasteiger partial charge in [0.25, 0.3) is 0 Å². The molecule has 0 aromatic heterocycles. The van der Waals surface area contributed by atoms with E-state index >= 15 is 0 Å². The zero-order chi connectivity index (χ0) is 10.2. The van der Waals surface area contributed by atoms with Gasteiger partial charge in [0, 0.05) is 0 Å². The van der Waals surface area contributed by atoms with Crippen LogP contribution in [0.5, 0.6) is 0 Å². The summed E-state index contributed by atoms with van der Waals surface area (Å²) in [6.07, 6.45) is -9.14. The smallest absolute Gasteiger partial charge is 0.184 e. The van der Waals surface area contributed by atoms with Gasteiger partial charge in [0.1, 0.15) is 24.4 Å². The summed E-state index contributed by atoms with van der Waals surface area (Å²) >= 11 is 0. The summed E-state index contributed by atoms with van der Waals surface area (Å²) in [5.74, 6) is 0. The van der Waals surface area contributed by atoms with Crippen LogP contribution in [0.3, 0.4) is 0 Å². The number of hydrogen-bond donors (Lipinski definition) is 5. The topological polar surface area (TPSA) is 110 Å². The maximum absolute atomic E-state index is 9.15. The Bertz CT molecular complexity index is 184. The average molecular weight is 182 g/mol. The lowest BCUT2D eigenvalue weighted by Crippen LogP contribution is -2.58. The number of rotatable bonds is 1. The molecule has 1 heterocycles. The van der Waals surface area contributed by atoms with Crippen molar-refractivity contribution in [2.45, 2.75) is 30.7 Å². The summed E-state index contributed by atoms with van der Waals surface area (Å²) in [6, 6.07) is 0. The van der Waals surface area contributed by atoms with Gasteiger partial charge in [0.15, 0.2) is 6.27 Å². The fourth-order valence-corrected chi connectivity index (χ4v) is 0.993. The molecule has 1 aliphatic heterocycles. The van der Waals surface area contributed by atoms with Crippen molar-refractivity contribution < 1.29 is 31.6 Å². The summed E-state index contributed by atoms with van der Waals surface area (Å²) < 4.78 is 11.4. The Morgan fingerprint density at radius 1 is 1.08 bits per heavy atom. The highest BCUT2D eigenvalue weighted by Crippen LogP contribution is 2.18. The summed E-state index contributed by atoms with van der Waals surface area (Å²) in [5.41, 5.74) is 0. The predicted molar refractivity (Wildman–Crippen MR) is 36.0 cm³/mol. The highest BCUT2D eigenvalue weighted by molar-refractivity contribution is 4.87. The second-order valence-electron chi connectivity index (χ2n) is 2.60. The Morgan fingerprint density at radius 2 is 1.67 bits per heavy atom. The van der Waals surface area contributed by atoms with Gasteiger partial charge in [-0.2, -0.15) is 0 Å². The van der Waals surface area contributed by atoms with E-state index in [1.54, 1.807) is 0 Å². The van der Waals surface area contributed by atoms with Crippen LogP contribution in [0.15, 0.2) is 0 Å². The van der Waals surface area contributed by atoms with E-state index in [0.717, 1.165) is 0 Å². The molecule has 5 N–H and O–H groups in total. The standard InChI is InChI=1S/C6H12O6/c7-1-2-3(8)4(9)5(10)6(11)12-2/h2-11H,1H2/t2-,3-,4+,5-,6?/m1/s1/i6T. The molecule has 0 amide bonds. The molecule has 1 rings (SSSR count). The lowest BCUT2D eigenvalue weighted by molar-refractivity contribution is -0.286. The third-order valence-corrected chi connectivity index (χ3v) is 1.76. The van der Waals surface area contributed by atoms with Crippen molar-refractivity contribution in [1.29, 1.82) is 0 Å². The lowest BCUT2D eigenvalue weighted by atomic mass is 10.00. The summed E-state index contributed by atoms with van der Waals surface area (Å²) in [7, 11) is 0. The molecule has 0 aromatic rings. The highest BCUT2D eigenvalue weighted by atomic mass is 16.6. The maximum Gasteiger partial charge on any atom is 0.184 e. The van der Waals surface area contributed by atoms with Crippen molar-refractivity contribution in [2.75, 3.05) is 6.61 Å². The molecule has 6 heteroatoms. The molecule has 0 saturated carbocycles. The molecule has 1 unspecified atom stereocenters. The van der Waals surface area contributed by atoms with E-state index in [0.29, 0.717) is 0 Å². The molecule has 0 aliphatic carbocycles. The average Bonchev–Trinajstić information content (AvgIpc) is 2.08.